The highest BCUT2D eigenvalue weighted by atomic mass is 19.4. The molecule has 0 atom stereocenters. The third kappa shape index (κ3) is 4.50. The molecule has 0 spiro atoms. The summed E-state index contributed by atoms with van der Waals surface area (Å²) in [5, 5.41) is 0. The van der Waals surface area contributed by atoms with Crippen LogP contribution in [0, 0.1) is 0 Å². The van der Waals surface area contributed by atoms with Crippen molar-refractivity contribution in [3.05, 3.63) is 47.7 Å². The van der Waals surface area contributed by atoms with Gasteiger partial charge in [-0.05, 0) is 24.6 Å². The molecule has 1 heterocycles. The number of rotatable bonds is 6. The Morgan fingerprint density at radius 3 is 2.79 bits per heavy atom. The van der Waals surface area contributed by atoms with Crippen molar-refractivity contribution in [3.8, 4) is 5.75 Å². The maximum absolute atomic E-state index is 12.6. The Morgan fingerprint density at radius 2 is 2.12 bits per heavy atom. The molecule has 130 valence electrons. The number of hydrogen-bond acceptors (Lipinski definition) is 4. The van der Waals surface area contributed by atoms with Crippen LogP contribution in [0.1, 0.15) is 35.3 Å². The summed E-state index contributed by atoms with van der Waals surface area (Å²) in [5.41, 5.74) is -0.668. The lowest BCUT2D eigenvalue weighted by molar-refractivity contribution is -0.137. The lowest BCUT2D eigenvalue weighted by Crippen LogP contribution is -2.27. The van der Waals surface area contributed by atoms with E-state index in [1.807, 2.05) is 6.92 Å². The Labute approximate surface area is 137 Å². The van der Waals surface area contributed by atoms with Crippen LogP contribution in [0.4, 0.5) is 13.2 Å². The smallest absolute Gasteiger partial charge is 0.416 e. The van der Waals surface area contributed by atoms with E-state index in [1.54, 1.807) is 7.05 Å². The van der Waals surface area contributed by atoms with E-state index in [9.17, 15) is 18.0 Å². The first-order valence-electron chi connectivity index (χ1n) is 7.31. The summed E-state index contributed by atoms with van der Waals surface area (Å²) < 4.78 is 48.3. The standard InChI is InChI=1S/C16H17F3N2O3/c1-3-7-21(2)15(22)13-9-24-14(20-13)10-23-12-6-4-5-11(8-12)16(17,18)19/h4-6,8-9H,3,7,10H2,1-2H3. The van der Waals surface area contributed by atoms with Crippen LogP contribution >= 0.6 is 0 Å². The third-order valence-electron chi connectivity index (χ3n) is 3.20. The molecule has 1 amide bonds. The number of nitrogens with zero attached hydrogens (tertiary/aromatic N) is 2. The van der Waals surface area contributed by atoms with E-state index in [-0.39, 0.29) is 29.8 Å². The maximum Gasteiger partial charge on any atom is 0.416 e. The van der Waals surface area contributed by atoms with Gasteiger partial charge < -0.3 is 14.1 Å². The summed E-state index contributed by atoms with van der Waals surface area (Å²) in [7, 11) is 1.65. The van der Waals surface area contributed by atoms with Crippen LogP contribution < -0.4 is 4.74 Å². The van der Waals surface area contributed by atoms with E-state index >= 15 is 0 Å². The van der Waals surface area contributed by atoms with Gasteiger partial charge in [0, 0.05) is 13.6 Å². The number of hydrogen-bond donors (Lipinski definition) is 0. The summed E-state index contributed by atoms with van der Waals surface area (Å²) in [4.78, 5) is 17.5. The van der Waals surface area contributed by atoms with Crippen molar-refractivity contribution < 1.29 is 27.1 Å². The minimum Gasteiger partial charge on any atom is -0.484 e. The van der Waals surface area contributed by atoms with Gasteiger partial charge in [-0.1, -0.05) is 13.0 Å². The maximum atomic E-state index is 12.6. The van der Waals surface area contributed by atoms with Crippen molar-refractivity contribution >= 4 is 5.91 Å². The number of ether oxygens (including phenoxy) is 1. The first-order chi connectivity index (χ1) is 11.3. The zero-order chi connectivity index (χ0) is 17.7. The van der Waals surface area contributed by atoms with Crippen LogP contribution in [0.15, 0.2) is 34.9 Å². The molecule has 0 unspecified atom stereocenters. The molecule has 0 saturated heterocycles. The monoisotopic (exact) mass is 342 g/mol. The number of carbonyl (C=O) groups excluding carboxylic acids is 1. The lowest BCUT2D eigenvalue weighted by atomic mass is 10.2. The van der Waals surface area contributed by atoms with Crippen LogP contribution in [-0.2, 0) is 12.8 Å². The van der Waals surface area contributed by atoms with E-state index in [1.165, 1.54) is 23.3 Å². The third-order valence-corrected chi connectivity index (χ3v) is 3.20. The number of carbonyl (C=O) groups is 1. The Kier molecular flexibility index (Phi) is 5.48. The minimum atomic E-state index is -4.44. The summed E-state index contributed by atoms with van der Waals surface area (Å²) in [6, 6.07) is 4.50. The number of benzene rings is 1. The van der Waals surface area contributed by atoms with Gasteiger partial charge in [0.25, 0.3) is 5.91 Å². The van der Waals surface area contributed by atoms with Crippen molar-refractivity contribution in [1.82, 2.24) is 9.88 Å². The highest BCUT2D eigenvalue weighted by Crippen LogP contribution is 2.31. The number of halogens is 3. The van der Waals surface area contributed by atoms with E-state index in [0.29, 0.717) is 6.54 Å². The van der Waals surface area contributed by atoms with Crippen molar-refractivity contribution in [3.63, 3.8) is 0 Å². The SMILES string of the molecule is CCCN(C)C(=O)c1coc(COc2cccc(C(F)(F)F)c2)n1. The molecule has 0 aliphatic heterocycles. The quantitative estimate of drug-likeness (QED) is 0.802. The fraction of sp³-hybridized carbons (Fsp3) is 0.375. The molecule has 2 rings (SSSR count). The minimum absolute atomic E-state index is 0.0407. The second-order valence-electron chi connectivity index (χ2n) is 5.17. The zero-order valence-electron chi connectivity index (χ0n) is 13.3. The van der Waals surface area contributed by atoms with Gasteiger partial charge in [-0.25, -0.2) is 4.98 Å². The number of oxazole rings is 1. The number of alkyl halides is 3. The molecule has 0 saturated carbocycles. The molecule has 0 N–H and O–H groups in total. The molecule has 5 nitrogen and oxygen atoms in total. The number of amides is 1. The Balaban J connectivity index is 2.00. The highest BCUT2D eigenvalue weighted by Gasteiger charge is 2.30. The van der Waals surface area contributed by atoms with E-state index in [0.717, 1.165) is 18.6 Å². The molecule has 0 fully saturated rings. The molecule has 2 aromatic rings. The molecule has 24 heavy (non-hydrogen) atoms. The Bertz CT molecular complexity index is 698. The summed E-state index contributed by atoms with van der Waals surface area (Å²) >= 11 is 0. The van der Waals surface area contributed by atoms with Gasteiger partial charge in [0.1, 0.15) is 12.0 Å². The van der Waals surface area contributed by atoms with Gasteiger partial charge in [0.05, 0.1) is 5.56 Å². The first kappa shape index (κ1) is 17.8. The van der Waals surface area contributed by atoms with Crippen LogP contribution in [0.2, 0.25) is 0 Å². The van der Waals surface area contributed by atoms with E-state index < -0.39 is 11.7 Å². The summed E-state index contributed by atoms with van der Waals surface area (Å²) in [5.74, 6) is -0.134. The average molecular weight is 342 g/mol. The summed E-state index contributed by atoms with van der Waals surface area (Å²) in [6.07, 6.45) is -2.42. The van der Waals surface area contributed by atoms with Gasteiger partial charge in [-0.2, -0.15) is 13.2 Å². The molecule has 0 aliphatic carbocycles. The van der Waals surface area contributed by atoms with Crippen molar-refractivity contribution in [2.45, 2.75) is 26.1 Å². The fourth-order valence-corrected chi connectivity index (χ4v) is 2.02. The topological polar surface area (TPSA) is 55.6 Å². The first-order valence-corrected chi connectivity index (χ1v) is 7.31. The second-order valence-corrected chi connectivity index (χ2v) is 5.17. The predicted molar refractivity (Wildman–Crippen MR) is 79.5 cm³/mol. The molecule has 8 heteroatoms. The molecule has 0 radical (unpaired) electrons. The van der Waals surface area contributed by atoms with Crippen LogP contribution in [0.25, 0.3) is 0 Å². The van der Waals surface area contributed by atoms with Crippen LogP contribution in [0.3, 0.4) is 0 Å². The van der Waals surface area contributed by atoms with E-state index in [2.05, 4.69) is 4.98 Å². The normalized spacial score (nSPS) is 11.4. The molecule has 0 bridgehead atoms. The second kappa shape index (κ2) is 7.37. The zero-order valence-corrected chi connectivity index (χ0v) is 13.3. The lowest BCUT2D eigenvalue weighted by Gasteiger charge is -2.13. The average Bonchev–Trinajstić information content (AvgIpc) is 3.01. The summed E-state index contributed by atoms with van der Waals surface area (Å²) in [6.45, 7) is 2.36. The number of aromatic nitrogens is 1. The van der Waals surface area contributed by atoms with Crippen LogP contribution in [-0.4, -0.2) is 29.4 Å². The molecule has 1 aromatic carbocycles. The molecule has 1 aromatic heterocycles. The van der Waals surface area contributed by atoms with Crippen molar-refractivity contribution in [2.75, 3.05) is 13.6 Å². The van der Waals surface area contributed by atoms with Gasteiger partial charge in [0.2, 0.25) is 5.89 Å². The largest absolute Gasteiger partial charge is 0.484 e. The van der Waals surface area contributed by atoms with Gasteiger partial charge in [0.15, 0.2) is 12.3 Å². The van der Waals surface area contributed by atoms with E-state index in [4.69, 9.17) is 9.15 Å². The fourth-order valence-electron chi connectivity index (χ4n) is 2.02. The molecular formula is C16H17F3N2O3. The van der Waals surface area contributed by atoms with Gasteiger partial charge >= 0.3 is 6.18 Å². The Hall–Kier alpha value is -2.51. The Morgan fingerprint density at radius 1 is 1.38 bits per heavy atom. The van der Waals surface area contributed by atoms with Crippen molar-refractivity contribution in [1.29, 1.82) is 0 Å². The van der Waals surface area contributed by atoms with Crippen molar-refractivity contribution in [2.24, 2.45) is 0 Å². The van der Waals surface area contributed by atoms with Gasteiger partial charge in [-0.3, -0.25) is 4.79 Å². The predicted octanol–water partition coefficient (Wildman–Crippen LogP) is 3.75. The van der Waals surface area contributed by atoms with Crippen LogP contribution in [0.5, 0.6) is 5.75 Å². The highest BCUT2D eigenvalue weighted by molar-refractivity contribution is 5.91. The van der Waals surface area contributed by atoms with Gasteiger partial charge in [-0.15, -0.1) is 0 Å². The molecule has 0 aliphatic rings. The molecular weight excluding hydrogens is 325 g/mol.